The monoisotopic (exact) mass is 418 g/mol. The number of aryl methyl sites for hydroxylation is 2. The van der Waals surface area contributed by atoms with E-state index in [0.29, 0.717) is 34.0 Å². The van der Waals surface area contributed by atoms with Crippen LogP contribution in [-0.2, 0) is 35.5 Å². The summed E-state index contributed by atoms with van der Waals surface area (Å²) < 4.78 is 18.2. The molecule has 8 nitrogen and oxygen atoms in total. The molecule has 0 bridgehead atoms. The zero-order chi connectivity index (χ0) is 19.9. The van der Waals surface area contributed by atoms with Gasteiger partial charge in [-0.05, 0) is 47.0 Å². The summed E-state index contributed by atoms with van der Waals surface area (Å²) >= 11 is 2.08. The maximum Gasteiger partial charge on any atom is 0.352 e. The highest BCUT2D eigenvalue weighted by Gasteiger charge is 2.17. The molecule has 2 heterocycles. The van der Waals surface area contributed by atoms with Gasteiger partial charge in [0, 0.05) is 0 Å². The fourth-order valence-electron chi connectivity index (χ4n) is 2.35. The van der Waals surface area contributed by atoms with Crippen molar-refractivity contribution >= 4 is 35.0 Å². The van der Waals surface area contributed by atoms with Gasteiger partial charge in [-0.15, -0.1) is 10.2 Å². The lowest BCUT2D eigenvalue weighted by Crippen LogP contribution is -2.07. The van der Waals surface area contributed by atoms with E-state index in [9.17, 15) is 9.59 Å². The Balaban J connectivity index is 1.51. The van der Waals surface area contributed by atoms with Gasteiger partial charge in [0.15, 0.2) is 9.75 Å². The van der Waals surface area contributed by atoms with Crippen molar-refractivity contribution in [1.29, 1.82) is 0 Å². The van der Waals surface area contributed by atoms with Crippen LogP contribution in [-0.4, -0.2) is 31.1 Å². The third kappa shape index (κ3) is 4.76. The van der Waals surface area contributed by atoms with Gasteiger partial charge >= 0.3 is 11.9 Å². The number of carbonyl (C=O) groups is 2. The highest BCUT2D eigenvalue weighted by molar-refractivity contribution is 7.08. The van der Waals surface area contributed by atoms with Crippen molar-refractivity contribution < 1.29 is 19.1 Å². The summed E-state index contributed by atoms with van der Waals surface area (Å²) in [7, 11) is 0. The van der Waals surface area contributed by atoms with E-state index in [1.54, 1.807) is 0 Å². The molecule has 0 aliphatic heterocycles. The predicted molar refractivity (Wildman–Crippen MR) is 103 cm³/mol. The van der Waals surface area contributed by atoms with Gasteiger partial charge in [0.1, 0.15) is 13.2 Å². The summed E-state index contributed by atoms with van der Waals surface area (Å²) in [6, 6.07) is 7.31. The van der Waals surface area contributed by atoms with Crippen LogP contribution in [0.3, 0.4) is 0 Å². The normalized spacial score (nSPS) is 10.6. The van der Waals surface area contributed by atoms with Gasteiger partial charge < -0.3 is 9.47 Å². The molecule has 0 unspecified atom stereocenters. The predicted octanol–water partition coefficient (Wildman–Crippen LogP) is 3.23. The van der Waals surface area contributed by atoms with Crippen LogP contribution < -0.4 is 0 Å². The highest BCUT2D eigenvalue weighted by Crippen LogP contribution is 2.16. The average Bonchev–Trinajstić information content (AvgIpc) is 3.39. The standard InChI is InChI=1S/C18H18N4O4S2/c1-3-13-15(27-21-19-13)17(23)25-9-11-5-7-12(8-6-11)10-26-18(24)16-14(4-2)20-22-28-16/h5-8H,3-4,9-10H2,1-2H3. The number of nitrogens with zero attached hydrogens (tertiary/aromatic N) is 4. The quantitative estimate of drug-likeness (QED) is 0.514. The molecule has 0 saturated carbocycles. The Morgan fingerprint density at radius 3 is 1.54 bits per heavy atom. The summed E-state index contributed by atoms with van der Waals surface area (Å²) in [6.45, 7) is 4.11. The number of aromatic nitrogens is 4. The van der Waals surface area contributed by atoms with Gasteiger partial charge in [-0.3, -0.25) is 0 Å². The Morgan fingerprint density at radius 2 is 1.18 bits per heavy atom. The molecule has 0 saturated heterocycles. The van der Waals surface area contributed by atoms with Crippen molar-refractivity contribution in [2.75, 3.05) is 0 Å². The van der Waals surface area contributed by atoms with Crippen LogP contribution in [0.5, 0.6) is 0 Å². The minimum Gasteiger partial charge on any atom is -0.457 e. The molecule has 28 heavy (non-hydrogen) atoms. The number of esters is 2. The second-order valence-corrected chi connectivity index (χ2v) is 7.28. The Hall–Kier alpha value is -2.72. The number of rotatable bonds is 8. The topological polar surface area (TPSA) is 104 Å². The molecule has 0 aliphatic rings. The second-order valence-electron chi connectivity index (χ2n) is 5.77. The molecule has 0 spiro atoms. The van der Waals surface area contributed by atoms with Crippen molar-refractivity contribution in [2.24, 2.45) is 0 Å². The van der Waals surface area contributed by atoms with Crippen molar-refractivity contribution in [3.63, 3.8) is 0 Å². The lowest BCUT2D eigenvalue weighted by atomic mass is 10.1. The third-order valence-electron chi connectivity index (χ3n) is 3.91. The van der Waals surface area contributed by atoms with E-state index < -0.39 is 11.9 Å². The third-order valence-corrected chi connectivity index (χ3v) is 5.41. The van der Waals surface area contributed by atoms with Crippen molar-refractivity contribution in [2.45, 2.75) is 39.9 Å². The van der Waals surface area contributed by atoms with Crippen LogP contribution in [0.25, 0.3) is 0 Å². The molecule has 146 valence electrons. The van der Waals surface area contributed by atoms with Crippen molar-refractivity contribution in [1.82, 2.24) is 19.2 Å². The Kier molecular flexibility index (Phi) is 6.77. The average molecular weight is 419 g/mol. The number of benzene rings is 1. The first-order valence-electron chi connectivity index (χ1n) is 8.66. The van der Waals surface area contributed by atoms with Crippen LogP contribution in [0, 0.1) is 0 Å². The molecule has 3 aromatic rings. The minimum absolute atomic E-state index is 0.145. The van der Waals surface area contributed by atoms with Crippen LogP contribution >= 0.6 is 23.1 Å². The van der Waals surface area contributed by atoms with Gasteiger partial charge in [-0.25, -0.2) is 9.59 Å². The summed E-state index contributed by atoms with van der Waals surface area (Å²) in [6.07, 6.45) is 1.26. The number of hydrogen-bond acceptors (Lipinski definition) is 10. The zero-order valence-corrected chi connectivity index (χ0v) is 17.0. The highest BCUT2D eigenvalue weighted by atomic mass is 32.1. The molecule has 0 atom stereocenters. The van der Waals surface area contributed by atoms with Gasteiger partial charge in [-0.1, -0.05) is 47.1 Å². The van der Waals surface area contributed by atoms with E-state index in [1.807, 2.05) is 38.1 Å². The van der Waals surface area contributed by atoms with E-state index in [-0.39, 0.29) is 13.2 Å². The Morgan fingerprint density at radius 1 is 0.786 bits per heavy atom. The lowest BCUT2D eigenvalue weighted by Gasteiger charge is -2.07. The first-order chi connectivity index (χ1) is 13.6. The van der Waals surface area contributed by atoms with Crippen LogP contribution in [0.1, 0.15) is 55.7 Å². The zero-order valence-electron chi connectivity index (χ0n) is 15.4. The van der Waals surface area contributed by atoms with Crippen LogP contribution in [0.4, 0.5) is 0 Å². The van der Waals surface area contributed by atoms with E-state index in [0.717, 1.165) is 34.2 Å². The minimum atomic E-state index is -0.422. The Labute approximate surface area is 169 Å². The summed E-state index contributed by atoms with van der Waals surface area (Å²) in [5, 5.41) is 7.81. The molecular formula is C18H18N4O4S2. The number of hydrogen-bond donors (Lipinski definition) is 0. The smallest absolute Gasteiger partial charge is 0.352 e. The molecule has 0 N–H and O–H groups in total. The molecule has 0 fully saturated rings. The van der Waals surface area contributed by atoms with Crippen LogP contribution in [0.15, 0.2) is 24.3 Å². The molecular weight excluding hydrogens is 400 g/mol. The largest absolute Gasteiger partial charge is 0.457 e. The lowest BCUT2D eigenvalue weighted by molar-refractivity contribution is 0.0464. The van der Waals surface area contributed by atoms with E-state index >= 15 is 0 Å². The fourth-order valence-corrected chi connectivity index (χ4v) is 3.64. The fraction of sp³-hybridized carbons (Fsp3) is 0.333. The molecule has 3 rings (SSSR count). The van der Waals surface area contributed by atoms with Crippen molar-refractivity contribution in [3.05, 3.63) is 56.5 Å². The number of carbonyl (C=O) groups excluding carboxylic acids is 2. The summed E-state index contributed by atoms with van der Waals surface area (Å²) in [4.78, 5) is 25.1. The summed E-state index contributed by atoms with van der Waals surface area (Å²) in [5.41, 5.74) is 2.96. The number of ether oxygens (including phenoxy) is 2. The van der Waals surface area contributed by atoms with Gasteiger partial charge in [0.05, 0.1) is 11.4 Å². The van der Waals surface area contributed by atoms with E-state index in [1.165, 1.54) is 0 Å². The maximum atomic E-state index is 12.1. The van der Waals surface area contributed by atoms with E-state index in [2.05, 4.69) is 19.2 Å². The van der Waals surface area contributed by atoms with Gasteiger partial charge in [0.2, 0.25) is 0 Å². The van der Waals surface area contributed by atoms with Gasteiger partial charge in [-0.2, -0.15) is 0 Å². The molecule has 0 amide bonds. The SMILES string of the molecule is CCc1nnsc1C(=O)OCc1ccc(COC(=O)c2snnc2CC)cc1. The van der Waals surface area contributed by atoms with E-state index in [4.69, 9.17) is 9.47 Å². The van der Waals surface area contributed by atoms with Crippen LogP contribution in [0.2, 0.25) is 0 Å². The molecule has 2 aromatic heterocycles. The first-order valence-corrected chi connectivity index (χ1v) is 10.2. The molecule has 10 heteroatoms. The molecule has 0 radical (unpaired) electrons. The summed E-state index contributed by atoms with van der Waals surface area (Å²) in [5.74, 6) is -0.843. The molecule has 1 aromatic carbocycles. The first kappa shape index (κ1) is 20.0. The molecule has 0 aliphatic carbocycles. The van der Waals surface area contributed by atoms with Crippen molar-refractivity contribution in [3.8, 4) is 0 Å². The maximum absolute atomic E-state index is 12.1. The second kappa shape index (κ2) is 9.47. The Bertz CT molecular complexity index is 875. The van der Waals surface area contributed by atoms with Gasteiger partial charge in [0.25, 0.3) is 0 Å².